The van der Waals surface area contributed by atoms with Crippen molar-refractivity contribution >= 4 is 23.1 Å². The normalized spacial score (nSPS) is 13.2. The quantitative estimate of drug-likeness (QED) is 0.401. The summed E-state index contributed by atoms with van der Waals surface area (Å²) in [6.45, 7) is 12.2. The summed E-state index contributed by atoms with van der Waals surface area (Å²) in [6, 6.07) is 16.2. The van der Waals surface area contributed by atoms with Crippen LogP contribution in [0.15, 0.2) is 54.7 Å². The second-order valence-corrected chi connectivity index (χ2v) is 7.77. The number of anilines is 4. The highest BCUT2D eigenvalue weighted by Crippen LogP contribution is 2.22. The van der Waals surface area contributed by atoms with Crippen LogP contribution in [0.5, 0.6) is 5.75 Å². The number of nitrogens with one attached hydrogen (secondary N) is 2. The molecule has 0 radical (unpaired) electrons. The summed E-state index contributed by atoms with van der Waals surface area (Å²) in [7, 11) is 0. The van der Waals surface area contributed by atoms with Crippen molar-refractivity contribution in [3.8, 4) is 5.75 Å². The maximum Gasteiger partial charge on any atom is 0.229 e. The van der Waals surface area contributed by atoms with Crippen LogP contribution in [0.25, 0.3) is 0 Å². The highest BCUT2D eigenvalue weighted by molar-refractivity contribution is 5.62. The van der Waals surface area contributed by atoms with Crippen molar-refractivity contribution in [3.05, 3.63) is 65.9 Å². The minimum Gasteiger partial charge on any atom is -0.492 e. The van der Waals surface area contributed by atoms with Gasteiger partial charge in [-0.15, -0.1) is 0 Å². The van der Waals surface area contributed by atoms with Gasteiger partial charge in [0.05, 0.1) is 0 Å². The lowest BCUT2D eigenvalue weighted by atomic mass is 10.2. The Balaban J connectivity index is 0.00000225. The van der Waals surface area contributed by atoms with E-state index in [0.29, 0.717) is 5.95 Å². The molecule has 0 spiro atoms. The largest absolute Gasteiger partial charge is 0.492 e. The van der Waals surface area contributed by atoms with Crippen LogP contribution in [0.4, 0.5) is 23.1 Å². The van der Waals surface area contributed by atoms with Crippen LogP contribution >= 0.6 is 0 Å². The maximum absolute atomic E-state index is 5.87. The molecule has 176 valence electrons. The molecular weight excluding hydrogens is 398 g/mol. The molecule has 2 aromatic carbocycles. The van der Waals surface area contributed by atoms with Crippen molar-refractivity contribution in [2.75, 3.05) is 36.9 Å². The zero-order valence-electron chi connectivity index (χ0n) is 19.7. The molecule has 0 unspecified atom stereocenters. The lowest BCUT2D eigenvalue weighted by Gasteiger charge is -2.15. The smallest absolute Gasteiger partial charge is 0.229 e. The second-order valence-electron chi connectivity index (χ2n) is 7.77. The summed E-state index contributed by atoms with van der Waals surface area (Å²) >= 11 is 0. The van der Waals surface area contributed by atoms with E-state index < -0.39 is 0 Å². The van der Waals surface area contributed by atoms with Crippen molar-refractivity contribution < 1.29 is 9.02 Å². The molecule has 1 saturated heterocycles. The predicted octanol–water partition coefficient (Wildman–Crippen LogP) is 6.82. The molecular formula is C26H41N5O. The van der Waals surface area contributed by atoms with Gasteiger partial charge in [0.15, 0.2) is 0 Å². The summed E-state index contributed by atoms with van der Waals surface area (Å²) in [6.07, 6.45) is 4.44. The van der Waals surface area contributed by atoms with Crippen molar-refractivity contribution in [3.63, 3.8) is 0 Å². The predicted molar refractivity (Wildman–Crippen MR) is 140 cm³/mol. The van der Waals surface area contributed by atoms with E-state index in [0.717, 1.165) is 41.7 Å². The fraction of sp³-hybridized carbons (Fsp3) is 0.385. The maximum atomic E-state index is 5.87. The standard InChI is InChI=1S/C24H29N5O.C2H6.3H2/c1-18-6-5-7-21(16-18)26-23-19(2)17-25-24(28-23)27-20-8-10-22(11-9-20)30-15-14-29-12-3-4-13-29;1-2;;;/h5-11,16-17H,3-4,12-15H2,1-2H3,(H2,25,26,27,28);1-2H3;3*1H. The van der Waals surface area contributed by atoms with Crippen LogP contribution in [0.2, 0.25) is 0 Å². The molecule has 4 rings (SSSR count). The van der Waals surface area contributed by atoms with Crippen LogP contribution in [-0.2, 0) is 0 Å². The SMILES string of the molecule is CC.Cc1cccc(Nc2nc(Nc3ccc(OCCN4CCCC4)cc3)ncc2C)c1.[HH].[HH].[HH]. The van der Waals surface area contributed by atoms with Crippen LogP contribution in [0, 0.1) is 13.8 Å². The van der Waals surface area contributed by atoms with Crippen molar-refractivity contribution in [1.82, 2.24) is 14.9 Å². The summed E-state index contributed by atoms with van der Waals surface area (Å²) in [4.78, 5) is 11.5. The van der Waals surface area contributed by atoms with Crippen LogP contribution in [0.1, 0.15) is 42.1 Å². The average molecular weight is 440 g/mol. The Morgan fingerprint density at radius 3 is 2.44 bits per heavy atom. The summed E-state index contributed by atoms with van der Waals surface area (Å²) < 4.78 is 5.87. The fourth-order valence-electron chi connectivity index (χ4n) is 3.55. The van der Waals surface area contributed by atoms with Gasteiger partial charge in [-0.05, 0) is 81.7 Å². The highest BCUT2D eigenvalue weighted by atomic mass is 16.5. The van der Waals surface area contributed by atoms with E-state index in [9.17, 15) is 0 Å². The molecule has 2 N–H and O–H groups in total. The molecule has 0 saturated carbocycles. The average Bonchev–Trinajstić information content (AvgIpc) is 3.32. The number of likely N-dealkylation sites (tertiary alicyclic amines) is 1. The third kappa shape index (κ3) is 6.95. The van der Waals surface area contributed by atoms with Gasteiger partial charge in [-0.1, -0.05) is 26.0 Å². The van der Waals surface area contributed by atoms with E-state index in [1.165, 1.54) is 31.5 Å². The first-order valence-corrected chi connectivity index (χ1v) is 11.6. The first kappa shape index (κ1) is 23.5. The third-order valence-electron chi connectivity index (χ3n) is 5.24. The van der Waals surface area contributed by atoms with Gasteiger partial charge in [-0.2, -0.15) is 4.98 Å². The monoisotopic (exact) mass is 439 g/mol. The first-order valence-electron chi connectivity index (χ1n) is 11.6. The molecule has 3 aromatic rings. The van der Waals surface area contributed by atoms with E-state index in [-0.39, 0.29) is 4.28 Å². The molecule has 0 atom stereocenters. The molecule has 1 aromatic heterocycles. The van der Waals surface area contributed by atoms with Crippen LogP contribution in [0.3, 0.4) is 0 Å². The fourth-order valence-corrected chi connectivity index (χ4v) is 3.55. The number of aryl methyl sites for hydroxylation is 2. The number of ether oxygens (including phenoxy) is 1. The van der Waals surface area contributed by atoms with Gasteiger partial charge in [-0.25, -0.2) is 4.98 Å². The van der Waals surface area contributed by atoms with E-state index >= 15 is 0 Å². The van der Waals surface area contributed by atoms with Gasteiger partial charge in [-0.3, -0.25) is 4.90 Å². The molecule has 6 heteroatoms. The van der Waals surface area contributed by atoms with Crippen molar-refractivity contribution in [2.45, 2.75) is 40.5 Å². The number of benzene rings is 2. The van der Waals surface area contributed by atoms with E-state index in [2.05, 4.69) is 44.6 Å². The lowest BCUT2D eigenvalue weighted by Crippen LogP contribution is -2.25. The number of nitrogens with zero attached hydrogens (tertiary/aromatic N) is 3. The Bertz CT molecular complexity index is 983. The zero-order valence-corrected chi connectivity index (χ0v) is 19.7. The van der Waals surface area contributed by atoms with Gasteiger partial charge >= 0.3 is 0 Å². The Labute approximate surface area is 196 Å². The lowest BCUT2D eigenvalue weighted by molar-refractivity contribution is 0.238. The Kier molecular flexibility index (Phi) is 8.87. The molecule has 1 aliphatic rings. The Hall–Kier alpha value is -3.12. The molecule has 0 aliphatic carbocycles. The first-order chi connectivity index (χ1) is 15.7. The summed E-state index contributed by atoms with van der Waals surface area (Å²) in [5.74, 6) is 2.23. The number of hydrogen-bond donors (Lipinski definition) is 2. The minimum atomic E-state index is 0. The van der Waals surface area contributed by atoms with Gasteiger partial charge in [0.2, 0.25) is 5.95 Å². The number of hydrogen-bond acceptors (Lipinski definition) is 6. The van der Waals surface area contributed by atoms with Gasteiger partial charge in [0.25, 0.3) is 0 Å². The van der Waals surface area contributed by atoms with Crippen molar-refractivity contribution in [1.29, 1.82) is 0 Å². The molecule has 0 amide bonds. The van der Waals surface area contributed by atoms with Gasteiger partial charge in [0.1, 0.15) is 18.2 Å². The van der Waals surface area contributed by atoms with Gasteiger partial charge < -0.3 is 15.4 Å². The van der Waals surface area contributed by atoms with Gasteiger partial charge in [0, 0.05) is 34.0 Å². The molecule has 1 aliphatic heterocycles. The van der Waals surface area contributed by atoms with E-state index in [1.807, 2.05) is 63.4 Å². The Morgan fingerprint density at radius 1 is 0.969 bits per heavy atom. The molecule has 2 heterocycles. The number of aromatic nitrogens is 2. The zero-order chi connectivity index (χ0) is 22.8. The van der Waals surface area contributed by atoms with E-state index in [1.54, 1.807) is 0 Å². The minimum absolute atomic E-state index is 0. The van der Waals surface area contributed by atoms with Crippen molar-refractivity contribution in [2.24, 2.45) is 0 Å². The third-order valence-corrected chi connectivity index (χ3v) is 5.24. The van der Waals surface area contributed by atoms with Crippen LogP contribution < -0.4 is 15.4 Å². The molecule has 6 nitrogen and oxygen atoms in total. The topological polar surface area (TPSA) is 62.3 Å². The Morgan fingerprint density at radius 2 is 1.72 bits per heavy atom. The highest BCUT2D eigenvalue weighted by Gasteiger charge is 2.11. The molecule has 1 fully saturated rings. The van der Waals surface area contributed by atoms with Crippen LogP contribution in [-0.4, -0.2) is 41.1 Å². The summed E-state index contributed by atoms with van der Waals surface area (Å²) in [5, 5.41) is 6.65. The second kappa shape index (κ2) is 12.1. The summed E-state index contributed by atoms with van der Waals surface area (Å²) in [5.41, 5.74) is 4.13. The van der Waals surface area contributed by atoms with E-state index in [4.69, 9.17) is 4.74 Å². The molecule has 0 bridgehead atoms. The number of rotatable bonds is 8. The molecule has 32 heavy (non-hydrogen) atoms.